The molecule has 132 valence electrons. The summed E-state index contributed by atoms with van der Waals surface area (Å²) in [6, 6.07) is 14.7. The van der Waals surface area contributed by atoms with Crippen LogP contribution in [0.5, 0.6) is 5.75 Å². The fourth-order valence-electron chi connectivity index (χ4n) is 2.13. The second-order valence-electron chi connectivity index (χ2n) is 5.39. The van der Waals surface area contributed by atoms with E-state index in [1.807, 2.05) is 49.4 Å². The Morgan fingerprint density at radius 2 is 1.72 bits per heavy atom. The lowest BCUT2D eigenvalue weighted by Gasteiger charge is -2.08. The zero-order valence-corrected chi connectivity index (χ0v) is 15.2. The van der Waals surface area contributed by atoms with Crippen LogP contribution in [0.25, 0.3) is 0 Å². The minimum absolute atomic E-state index is 0.0144. The number of benzene rings is 2. The minimum Gasteiger partial charge on any atom is -0.497 e. The van der Waals surface area contributed by atoms with Crippen LogP contribution in [0.3, 0.4) is 0 Å². The molecule has 5 nitrogen and oxygen atoms in total. The Bertz CT molecular complexity index is 717. The van der Waals surface area contributed by atoms with Gasteiger partial charge in [0.1, 0.15) is 5.75 Å². The highest BCUT2D eigenvalue weighted by molar-refractivity contribution is 8.00. The molecule has 0 spiro atoms. The summed E-state index contributed by atoms with van der Waals surface area (Å²) < 4.78 is 5.13. The number of ether oxygens (including phenoxy) is 1. The van der Waals surface area contributed by atoms with Gasteiger partial charge in [-0.15, -0.1) is 11.8 Å². The van der Waals surface area contributed by atoms with Crippen molar-refractivity contribution in [2.24, 2.45) is 0 Å². The molecule has 6 heteroatoms. The maximum absolute atomic E-state index is 12.0. The molecule has 0 aliphatic heterocycles. The summed E-state index contributed by atoms with van der Waals surface area (Å²) in [6.07, 6.45) is 1.34. The first-order valence-electron chi connectivity index (χ1n) is 8.07. The number of rotatable bonds is 8. The van der Waals surface area contributed by atoms with E-state index in [1.165, 1.54) is 11.8 Å². The third-order valence-corrected chi connectivity index (χ3v) is 4.35. The summed E-state index contributed by atoms with van der Waals surface area (Å²) in [5.41, 5.74) is 1.47. The number of carbonyl (C=O) groups is 2. The lowest BCUT2D eigenvalue weighted by atomic mass is 10.3. The molecule has 0 saturated carbocycles. The molecular formula is C19H22N2O3S. The summed E-state index contributed by atoms with van der Waals surface area (Å²) in [6.45, 7) is 1.97. The molecular weight excluding hydrogens is 336 g/mol. The van der Waals surface area contributed by atoms with Crippen LogP contribution in [0, 0.1) is 0 Å². The number of hydrogen-bond donors (Lipinski definition) is 2. The van der Waals surface area contributed by atoms with Crippen LogP contribution in [0.15, 0.2) is 53.4 Å². The fraction of sp³-hybridized carbons (Fsp3) is 0.263. The molecule has 2 N–H and O–H groups in total. The number of methoxy groups -OCH3 is 1. The van der Waals surface area contributed by atoms with Gasteiger partial charge in [0.2, 0.25) is 11.8 Å². The molecule has 2 aromatic carbocycles. The van der Waals surface area contributed by atoms with Crippen LogP contribution in [-0.4, -0.2) is 24.7 Å². The molecule has 2 amide bonds. The summed E-state index contributed by atoms with van der Waals surface area (Å²) in [7, 11) is 1.59. The third kappa shape index (κ3) is 6.51. The van der Waals surface area contributed by atoms with Gasteiger partial charge in [-0.3, -0.25) is 9.59 Å². The molecule has 0 unspecified atom stereocenters. The van der Waals surface area contributed by atoms with Gasteiger partial charge >= 0.3 is 0 Å². The van der Waals surface area contributed by atoms with Crippen molar-refractivity contribution in [2.75, 3.05) is 23.5 Å². The van der Waals surface area contributed by atoms with Crippen molar-refractivity contribution in [3.05, 3.63) is 48.5 Å². The van der Waals surface area contributed by atoms with Crippen LogP contribution >= 0.6 is 11.8 Å². The lowest BCUT2D eigenvalue weighted by Crippen LogP contribution is -2.14. The summed E-state index contributed by atoms with van der Waals surface area (Å²) >= 11 is 1.44. The number of carbonyl (C=O) groups excluding carboxylic acids is 2. The van der Waals surface area contributed by atoms with Crippen molar-refractivity contribution in [3.63, 3.8) is 0 Å². The first kappa shape index (κ1) is 18.9. The predicted molar refractivity (Wildman–Crippen MR) is 102 cm³/mol. The first-order valence-corrected chi connectivity index (χ1v) is 9.06. The molecule has 2 aromatic rings. The van der Waals surface area contributed by atoms with Crippen molar-refractivity contribution in [2.45, 2.75) is 24.7 Å². The molecule has 0 aromatic heterocycles. The van der Waals surface area contributed by atoms with Crippen LogP contribution in [0.2, 0.25) is 0 Å². The summed E-state index contributed by atoms with van der Waals surface area (Å²) in [4.78, 5) is 24.6. The molecule has 0 fully saturated rings. The maximum atomic E-state index is 12.0. The van der Waals surface area contributed by atoms with E-state index in [2.05, 4.69) is 10.6 Å². The SMILES string of the molecule is CCCC(=O)Nc1ccc(SCC(=O)Nc2cccc(OC)c2)cc1. The Morgan fingerprint density at radius 3 is 2.40 bits per heavy atom. The van der Waals surface area contributed by atoms with Crippen LogP contribution in [-0.2, 0) is 9.59 Å². The van der Waals surface area contributed by atoms with Crippen molar-refractivity contribution < 1.29 is 14.3 Å². The second kappa shape index (κ2) is 9.74. The number of hydrogen-bond acceptors (Lipinski definition) is 4. The average Bonchev–Trinajstić information content (AvgIpc) is 2.61. The zero-order chi connectivity index (χ0) is 18.1. The molecule has 0 aliphatic rings. The fourth-order valence-corrected chi connectivity index (χ4v) is 2.83. The lowest BCUT2D eigenvalue weighted by molar-refractivity contribution is -0.116. The van der Waals surface area contributed by atoms with Crippen molar-refractivity contribution in [1.82, 2.24) is 0 Å². The Hall–Kier alpha value is -2.47. The molecule has 0 saturated heterocycles. The van der Waals surface area contributed by atoms with Gasteiger partial charge in [-0.1, -0.05) is 13.0 Å². The van der Waals surface area contributed by atoms with Gasteiger partial charge in [0.25, 0.3) is 0 Å². The maximum Gasteiger partial charge on any atom is 0.234 e. The number of anilines is 2. The molecule has 0 heterocycles. The van der Waals surface area contributed by atoms with Gasteiger partial charge in [0.15, 0.2) is 0 Å². The smallest absolute Gasteiger partial charge is 0.234 e. The highest BCUT2D eigenvalue weighted by atomic mass is 32.2. The van der Waals surface area contributed by atoms with Gasteiger partial charge < -0.3 is 15.4 Å². The second-order valence-corrected chi connectivity index (χ2v) is 6.44. The highest BCUT2D eigenvalue weighted by Gasteiger charge is 2.05. The largest absolute Gasteiger partial charge is 0.497 e. The van der Waals surface area contributed by atoms with E-state index in [4.69, 9.17) is 4.74 Å². The Kier molecular flexibility index (Phi) is 7.35. The quantitative estimate of drug-likeness (QED) is 0.695. The third-order valence-electron chi connectivity index (χ3n) is 3.34. The van der Waals surface area contributed by atoms with Crippen molar-refractivity contribution in [3.8, 4) is 5.75 Å². The molecule has 0 atom stereocenters. The molecule has 0 bridgehead atoms. The normalized spacial score (nSPS) is 10.2. The van der Waals surface area contributed by atoms with E-state index in [0.29, 0.717) is 23.6 Å². The molecule has 2 rings (SSSR count). The Labute approximate surface area is 152 Å². The predicted octanol–water partition coefficient (Wildman–Crippen LogP) is 4.16. The van der Waals surface area contributed by atoms with E-state index in [-0.39, 0.29) is 11.8 Å². The molecule has 25 heavy (non-hydrogen) atoms. The van der Waals surface area contributed by atoms with Crippen molar-refractivity contribution in [1.29, 1.82) is 0 Å². The van der Waals surface area contributed by atoms with E-state index >= 15 is 0 Å². The van der Waals surface area contributed by atoms with Gasteiger partial charge in [-0.2, -0.15) is 0 Å². The number of nitrogens with one attached hydrogen (secondary N) is 2. The minimum atomic E-state index is -0.0846. The number of amides is 2. The van der Waals surface area contributed by atoms with Gasteiger partial charge in [-0.05, 0) is 42.8 Å². The van der Waals surface area contributed by atoms with E-state index in [1.54, 1.807) is 13.2 Å². The topological polar surface area (TPSA) is 67.4 Å². The van der Waals surface area contributed by atoms with Crippen LogP contribution in [0.4, 0.5) is 11.4 Å². The zero-order valence-electron chi connectivity index (χ0n) is 14.4. The van der Waals surface area contributed by atoms with Crippen LogP contribution < -0.4 is 15.4 Å². The molecule has 0 aliphatic carbocycles. The summed E-state index contributed by atoms with van der Waals surface area (Å²) in [5.74, 6) is 0.934. The van der Waals surface area contributed by atoms with Gasteiger partial charge in [0, 0.05) is 28.8 Å². The van der Waals surface area contributed by atoms with Crippen molar-refractivity contribution >= 4 is 35.0 Å². The standard InChI is InChI=1S/C19H22N2O3S/c1-3-5-18(22)20-14-8-10-17(11-9-14)25-13-19(23)21-15-6-4-7-16(12-15)24-2/h4,6-12H,3,5,13H2,1-2H3,(H,20,22)(H,21,23). The Balaban J connectivity index is 1.82. The van der Waals surface area contributed by atoms with Gasteiger partial charge in [0.05, 0.1) is 12.9 Å². The first-order chi connectivity index (χ1) is 12.1. The van der Waals surface area contributed by atoms with E-state index in [0.717, 1.165) is 17.0 Å². The summed E-state index contributed by atoms with van der Waals surface area (Å²) in [5, 5.41) is 5.68. The highest BCUT2D eigenvalue weighted by Crippen LogP contribution is 2.21. The Morgan fingerprint density at radius 1 is 1.00 bits per heavy atom. The molecule has 0 radical (unpaired) electrons. The van der Waals surface area contributed by atoms with Crippen LogP contribution in [0.1, 0.15) is 19.8 Å². The monoisotopic (exact) mass is 358 g/mol. The van der Waals surface area contributed by atoms with E-state index < -0.39 is 0 Å². The average molecular weight is 358 g/mol. The number of thioether (sulfide) groups is 1. The van der Waals surface area contributed by atoms with Gasteiger partial charge in [-0.25, -0.2) is 0 Å². The van der Waals surface area contributed by atoms with E-state index in [9.17, 15) is 9.59 Å².